The van der Waals surface area contributed by atoms with Crippen molar-refractivity contribution in [3.8, 4) is 0 Å². The van der Waals surface area contributed by atoms with Gasteiger partial charge in [-0.15, -0.1) is 0 Å². The fraction of sp³-hybridized carbons (Fsp3) is 0.467. The van der Waals surface area contributed by atoms with Crippen molar-refractivity contribution in [3.05, 3.63) is 35.9 Å². The summed E-state index contributed by atoms with van der Waals surface area (Å²) in [6.45, 7) is 3.47. The van der Waals surface area contributed by atoms with Crippen LogP contribution in [0.4, 0.5) is 4.79 Å². The van der Waals surface area contributed by atoms with Crippen LogP contribution in [0, 0.1) is 0 Å². The van der Waals surface area contributed by atoms with Crippen LogP contribution in [0.5, 0.6) is 0 Å². The standard InChI is InChI=1S/C15H19NO4/c1-15(2)16(14(18)19)12(9-6-10-17)13(20-15)11-7-4-3-5-8-11/h3-5,7-8,10,12-13H,6,9H2,1-2H3,(H,18,19)/t12-,13-/m1/s1. The first-order chi connectivity index (χ1) is 9.47. The van der Waals surface area contributed by atoms with Crippen molar-refractivity contribution in [2.45, 2.75) is 44.6 Å². The molecule has 20 heavy (non-hydrogen) atoms. The minimum atomic E-state index is -1.02. The fourth-order valence-electron chi connectivity index (χ4n) is 2.81. The highest BCUT2D eigenvalue weighted by Crippen LogP contribution is 2.42. The second kappa shape index (κ2) is 5.63. The van der Waals surface area contributed by atoms with Crippen LogP contribution >= 0.6 is 0 Å². The molecule has 1 aromatic rings. The second-order valence-corrected chi connectivity index (χ2v) is 5.36. The number of carbonyl (C=O) groups excluding carboxylic acids is 1. The second-order valence-electron chi connectivity index (χ2n) is 5.36. The summed E-state index contributed by atoms with van der Waals surface area (Å²) in [5, 5.41) is 9.44. The molecular weight excluding hydrogens is 258 g/mol. The molecule has 2 rings (SSSR count). The molecule has 2 atom stereocenters. The van der Waals surface area contributed by atoms with E-state index in [1.165, 1.54) is 4.90 Å². The van der Waals surface area contributed by atoms with Crippen molar-refractivity contribution in [2.75, 3.05) is 0 Å². The fourth-order valence-corrected chi connectivity index (χ4v) is 2.81. The minimum absolute atomic E-state index is 0.317. The lowest BCUT2D eigenvalue weighted by Gasteiger charge is -2.30. The zero-order chi connectivity index (χ0) is 14.8. The van der Waals surface area contributed by atoms with Crippen molar-refractivity contribution in [1.29, 1.82) is 0 Å². The summed E-state index contributed by atoms with van der Waals surface area (Å²) < 4.78 is 5.95. The molecule has 1 aliphatic heterocycles. The van der Waals surface area contributed by atoms with Gasteiger partial charge < -0.3 is 14.6 Å². The Morgan fingerprint density at radius 1 is 1.40 bits per heavy atom. The van der Waals surface area contributed by atoms with Crippen LogP contribution in [0.3, 0.4) is 0 Å². The van der Waals surface area contributed by atoms with Gasteiger partial charge in [-0.25, -0.2) is 4.79 Å². The Morgan fingerprint density at radius 2 is 2.05 bits per heavy atom. The van der Waals surface area contributed by atoms with Gasteiger partial charge in [-0.1, -0.05) is 30.3 Å². The molecule has 5 heteroatoms. The first-order valence-electron chi connectivity index (χ1n) is 6.66. The van der Waals surface area contributed by atoms with E-state index >= 15 is 0 Å². The summed E-state index contributed by atoms with van der Waals surface area (Å²) in [6.07, 6.45) is 0.218. The Morgan fingerprint density at radius 3 is 2.60 bits per heavy atom. The number of carbonyl (C=O) groups is 2. The van der Waals surface area contributed by atoms with Gasteiger partial charge in [0, 0.05) is 6.42 Å². The number of benzene rings is 1. The van der Waals surface area contributed by atoms with Gasteiger partial charge in [0.05, 0.1) is 6.04 Å². The van der Waals surface area contributed by atoms with Crippen LogP contribution in [0.2, 0.25) is 0 Å². The number of carboxylic acid groups (broad SMARTS) is 1. The third kappa shape index (κ3) is 2.67. The van der Waals surface area contributed by atoms with Crippen molar-refractivity contribution in [3.63, 3.8) is 0 Å². The van der Waals surface area contributed by atoms with Gasteiger partial charge in [0.25, 0.3) is 0 Å². The highest BCUT2D eigenvalue weighted by Gasteiger charge is 2.50. The first kappa shape index (κ1) is 14.5. The summed E-state index contributed by atoms with van der Waals surface area (Å²) in [6, 6.07) is 9.17. The Bertz CT molecular complexity index is 486. The Kier molecular flexibility index (Phi) is 4.09. The average molecular weight is 277 g/mol. The van der Waals surface area contributed by atoms with Gasteiger partial charge >= 0.3 is 6.09 Å². The van der Waals surface area contributed by atoms with E-state index < -0.39 is 11.8 Å². The normalized spacial score (nSPS) is 24.6. The zero-order valence-corrected chi connectivity index (χ0v) is 11.7. The molecule has 1 amide bonds. The maximum Gasteiger partial charge on any atom is 0.409 e. The van der Waals surface area contributed by atoms with Crippen LogP contribution in [0.25, 0.3) is 0 Å². The quantitative estimate of drug-likeness (QED) is 0.859. The van der Waals surface area contributed by atoms with Crippen LogP contribution < -0.4 is 0 Å². The van der Waals surface area contributed by atoms with E-state index in [1.807, 2.05) is 30.3 Å². The number of rotatable bonds is 4. The van der Waals surface area contributed by atoms with Gasteiger partial charge in [-0.3, -0.25) is 4.90 Å². The molecule has 5 nitrogen and oxygen atoms in total. The molecule has 1 fully saturated rings. The van der Waals surface area contributed by atoms with Gasteiger partial charge in [0.15, 0.2) is 0 Å². The number of nitrogens with zero attached hydrogens (tertiary/aromatic N) is 1. The van der Waals surface area contributed by atoms with Gasteiger partial charge in [-0.05, 0) is 25.8 Å². The zero-order valence-electron chi connectivity index (χ0n) is 11.7. The minimum Gasteiger partial charge on any atom is -0.465 e. The van der Waals surface area contributed by atoms with Crippen LogP contribution in [-0.4, -0.2) is 34.2 Å². The van der Waals surface area contributed by atoms with E-state index in [9.17, 15) is 14.7 Å². The highest BCUT2D eigenvalue weighted by atomic mass is 16.6. The van der Waals surface area contributed by atoms with Crippen LogP contribution in [0.1, 0.15) is 38.4 Å². The first-order valence-corrected chi connectivity index (χ1v) is 6.66. The molecule has 1 saturated heterocycles. The number of ether oxygens (including phenoxy) is 1. The predicted octanol–water partition coefficient (Wildman–Crippen LogP) is 2.82. The molecular formula is C15H19NO4. The number of hydrogen-bond acceptors (Lipinski definition) is 3. The molecule has 0 unspecified atom stereocenters. The average Bonchev–Trinajstić information content (AvgIpc) is 2.68. The van der Waals surface area contributed by atoms with E-state index in [0.29, 0.717) is 12.8 Å². The van der Waals surface area contributed by atoms with E-state index in [-0.39, 0.29) is 12.1 Å². The predicted molar refractivity (Wildman–Crippen MR) is 73.3 cm³/mol. The summed E-state index contributed by atoms with van der Waals surface area (Å²) in [7, 11) is 0. The summed E-state index contributed by atoms with van der Waals surface area (Å²) in [5.74, 6) is 0. The van der Waals surface area contributed by atoms with E-state index in [1.54, 1.807) is 13.8 Å². The molecule has 108 valence electrons. The van der Waals surface area contributed by atoms with Crippen molar-refractivity contribution >= 4 is 12.4 Å². The van der Waals surface area contributed by atoms with E-state index in [4.69, 9.17) is 4.74 Å². The Labute approximate surface area is 118 Å². The van der Waals surface area contributed by atoms with Crippen molar-refractivity contribution in [2.24, 2.45) is 0 Å². The number of aldehydes is 1. The third-order valence-corrected chi connectivity index (χ3v) is 3.59. The molecule has 0 spiro atoms. The molecule has 1 aromatic carbocycles. The monoisotopic (exact) mass is 277 g/mol. The molecule has 1 heterocycles. The summed E-state index contributed by atoms with van der Waals surface area (Å²) >= 11 is 0. The Balaban J connectivity index is 2.35. The maximum absolute atomic E-state index is 11.5. The molecule has 1 aliphatic rings. The van der Waals surface area contributed by atoms with Crippen LogP contribution in [-0.2, 0) is 9.53 Å². The van der Waals surface area contributed by atoms with E-state index in [2.05, 4.69) is 0 Å². The van der Waals surface area contributed by atoms with Crippen LogP contribution in [0.15, 0.2) is 30.3 Å². The molecule has 0 bridgehead atoms. The SMILES string of the molecule is CC1(C)O[C@H](c2ccccc2)[C@@H](CCC=O)N1C(=O)O. The molecule has 0 saturated carbocycles. The number of amides is 1. The third-order valence-electron chi connectivity index (χ3n) is 3.59. The van der Waals surface area contributed by atoms with Gasteiger partial charge in [-0.2, -0.15) is 0 Å². The largest absolute Gasteiger partial charge is 0.465 e. The highest BCUT2D eigenvalue weighted by molar-refractivity contribution is 5.67. The van der Waals surface area contributed by atoms with Crippen molar-refractivity contribution < 1.29 is 19.4 Å². The molecule has 0 radical (unpaired) electrons. The number of hydrogen-bond donors (Lipinski definition) is 1. The lowest BCUT2D eigenvalue weighted by atomic mass is 9.98. The Hall–Kier alpha value is -1.88. The van der Waals surface area contributed by atoms with Gasteiger partial charge in [0.1, 0.15) is 18.1 Å². The maximum atomic E-state index is 11.5. The summed E-state index contributed by atoms with van der Waals surface area (Å²) in [4.78, 5) is 23.5. The van der Waals surface area contributed by atoms with E-state index in [0.717, 1.165) is 11.8 Å². The topological polar surface area (TPSA) is 66.8 Å². The smallest absolute Gasteiger partial charge is 0.409 e. The van der Waals surface area contributed by atoms with Crippen molar-refractivity contribution in [1.82, 2.24) is 4.90 Å². The lowest BCUT2D eigenvalue weighted by molar-refractivity contribution is -0.108. The molecule has 0 aromatic heterocycles. The summed E-state index contributed by atoms with van der Waals surface area (Å²) in [5.41, 5.74) is 0.0279. The molecule has 0 aliphatic carbocycles. The lowest BCUT2D eigenvalue weighted by Crippen LogP contribution is -2.47. The molecule has 1 N–H and O–H groups in total. The van der Waals surface area contributed by atoms with Gasteiger partial charge in [0.2, 0.25) is 0 Å².